The van der Waals surface area contributed by atoms with Crippen molar-refractivity contribution in [2.45, 2.75) is 19.3 Å². The highest BCUT2D eigenvalue weighted by molar-refractivity contribution is 5.92. The van der Waals surface area contributed by atoms with Gasteiger partial charge in [0, 0.05) is 36.4 Å². The van der Waals surface area contributed by atoms with Gasteiger partial charge in [-0.2, -0.15) is 4.52 Å². The maximum Gasteiger partial charge on any atom is 0.229 e. The Morgan fingerprint density at radius 3 is 2.47 bits per heavy atom. The number of para-hydroxylation sites is 1. The van der Waals surface area contributed by atoms with Crippen molar-refractivity contribution >= 4 is 22.5 Å². The zero-order valence-corrected chi connectivity index (χ0v) is 17.8. The fourth-order valence-electron chi connectivity index (χ4n) is 4.65. The molecule has 6 heteroatoms. The lowest BCUT2D eigenvalue weighted by molar-refractivity contribution is 0.399. The minimum absolute atomic E-state index is 0.677. The Labute approximate surface area is 186 Å². The first kappa shape index (κ1) is 18.9. The van der Waals surface area contributed by atoms with E-state index in [9.17, 15) is 0 Å². The van der Waals surface area contributed by atoms with E-state index in [-0.39, 0.29) is 0 Å². The van der Waals surface area contributed by atoms with Gasteiger partial charge in [0.1, 0.15) is 0 Å². The van der Waals surface area contributed by atoms with Crippen molar-refractivity contribution in [1.29, 1.82) is 0 Å². The molecular formula is C26H24N6. The van der Waals surface area contributed by atoms with Gasteiger partial charge in [0.25, 0.3) is 0 Å². The average Bonchev–Trinajstić information content (AvgIpc) is 3.31. The summed E-state index contributed by atoms with van der Waals surface area (Å²) in [6.45, 7) is 1.94. The molecule has 0 saturated carbocycles. The first-order valence-electron chi connectivity index (χ1n) is 11.2. The lowest BCUT2D eigenvalue weighted by Crippen LogP contribution is -2.36. The molecule has 0 spiro atoms. The number of hydrogen-bond acceptors (Lipinski definition) is 5. The van der Waals surface area contributed by atoms with E-state index >= 15 is 0 Å². The van der Waals surface area contributed by atoms with Crippen LogP contribution in [-0.4, -0.2) is 37.7 Å². The molecule has 0 unspecified atom stereocenters. The Hall–Kier alpha value is -3.80. The Morgan fingerprint density at radius 1 is 0.844 bits per heavy atom. The number of aromatic nitrogens is 5. The molecule has 1 fully saturated rings. The smallest absolute Gasteiger partial charge is 0.229 e. The van der Waals surface area contributed by atoms with Gasteiger partial charge in [-0.1, -0.05) is 42.5 Å². The molecule has 158 valence electrons. The molecule has 1 aliphatic rings. The van der Waals surface area contributed by atoms with Gasteiger partial charge in [0.2, 0.25) is 5.95 Å². The van der Waals surface area contributed by atoms with Crippen LogP contribution >= 0.6 is 0 Å². The first-order chi connectivity index (χ1) is 15.8. The third kappa shape index (κ3) is 3.47. The second kappa shape index (κ2) is 8.04. The molecule has 32 heavy (non-hydrogen) atoms. The van der Waals surface area contributed by atoms with Crippen LogP contribution in [0, 0.1) is 5.92 Å². The van der Waals surface area contributed by atoms with E-state index in [1.807, 2.05) is 28.8 Å². The van der Waals surface area contributed by atoms with Crippen molar-refractivity contribution in [2.75, 3.05) is 18.0 Å². The first-order valence-corrected chi connectivity index (χ1v) is 11.2. The van der Waals surface area contributed by atoms with Gasteiger partial charge in [-0.25, -0.2) is 9.97 Å². The molecule has 0 radical (unpaired) electrons. The van der Waals surface area contributed by atoms with Gasteiger partial charge < -0.3 is 4.90 Å². The standard InChI is InChI=1S/C26H24N6/c1-2-7-19(8-3-1)17-20-12-15-31(16-13-20)26-28-23-11-5-4-10-22(23)25-29-24(30-32(25)26)21-9-6-14-27-18-21/h1-11,14,18,20H,12-13,15-17H2. The number of piperidine rings is 1. The summed E-state index contributed by atoms with van der Waals surface area (Å²) in [7, 11) is 0. The van der Waals surface area contributed by atoms with Crippen molar-refractivity contribution in [2.24, 2.45) is 5.92 Å². The second-order valence-electron chi connectivity index (χ2n) is 8.46. The van der Waals surface area contributed by atoms with Gasteiger partial charge in [0.15, 0.2) is 11.5 Å². The van der Waals surface area contributed by atoms with Gasteiger partial charge in [-0.3, -0.25) is 4.98 Å². The molecular weight excluding hydrogens is 396 g/mol. The summed E-state index contributed by atoms with van der Waals surface area (Å²) in [6.07, 6.45) is 7.01. The highest BCUT2D eigenvalue weighted by atomic mass is 15.4. The van der Waals surface area contributed by atoms with E-state index in [2.05, 4.69) is 52.3 Å². The molecule has 0 amide bonds. The molecule has 0 atom stereocenters. The normalized spacial score (nSPS) is 14.9. The van der Waals surface area contributed by atoms with Crippen LogP contribution in [0.1, 0.15) is 18.4 Å². The van der Waals surface area contributed by atoms with E-state index in [1.165, 1.54) is 5.56 Å². The Kier molecular flexibility index (Phi) is 4.75. The molecule has 6 nitrogen and oxygen atoms in total. The SMILES string of the molecule is c1ccc(CC2CCN(c3nc4ccccc4c4nc(-c5cccnc5)nn34)CC2)cc1. The Morgan fingerprint density at radius 2 is 1.66 bits per heavy atom. The van der Waals surface area contributed by atoms with Crippen LogP contribution in [0.4, 0.5) is 5.95 Å². The lowest BCUT2D eigenvalue weighted by Gasteiger charge is -2.32. The van der Waals surface area contributed by atoms with Crippen molar-refractivity contribution in [3.05, 3.63) is 84.7 Å². The zero-order valence-electron chi connectivity index (χ0n) is 17.8. The molecule has 1 saturated heterocycles. The van der Waals surface area contributed by atoms with Crippen molar-refractivity contribution in [1.82, 2.24) is 24.6 Å². The van der Waals surface area contributed by atoms with Crippen molar-refractivity contribution < 1.29 is 0 Å². The molecule has 0 bridgehead atoms. The van der Waals surface area contributed by atoms with Gasteiger partial charge >= 0.3 is 0 Å². The van der Waals surface area contributed by atoms with Gasteiger partial charge in [-0.15, -0.1) is 5.10 Å². The monoisotopic (exact) mass is 420 g/mol. The zero-order chi connectivity index (χ0) is 21.3. The highest BCUT2D eigenvalue weighted by Crippen LogP contribution is 2.29. The number of hydrogen-bond donors (Lipinski definition) is 0. The predicted molar refractivity (Wildman–Crippen MR) is 127 cm³/mol. The molecule has 4 heterocycles. The van der Waals surface area contributed by atoms with E-state index in [0.717, 1.165) is 60.4 Å². The number of anilines is 1. The van der Waals surface area contributed by atoms with Crippen LogP contribution in [0.3, 0.4) is 0 Å². The second-order valence-corrected chi connectivity index (χ2v) is 8.46. The van der Waals surface area contributed by atoms with Crippen LogP contribution in [0.5, 0.6) is 0 Å². The summed E-state index contributed by atoms with van der Waals surface area (Å²) < 4.78 is 1.92. The van der Waals surface area contributed by atoms with E-state index in [4.69, 9.17) is 15.1 Å². The van der Waals surface area contributed by atoms with Crippen LogP contribution < -0.4 is 4.90 Å². The molecule has 5 aromatic rings. The number of pyridine rings is 1. The van der Waals surface area contributed by atoms with Crippen LogP contribution in [0.2, 0.25) is 0 Å². The van der Waals surface area contributed by atoms with E-state index < -0.39 is 0 Å². The minimum atomic E-state index is 0.677. The number of fused-ring (bicyclic) bond motifs is 3. The molecule has 6 rings (SSSR count). The summed E-state index contributed by atoms with van der Waals surface area (Å²) in [6, 6.07) is 22.9. The molecule has 0 N–H and O–H groups in total. The summed E-state index contributed by atoms with van der Waals surface area (Å²) in [5.41, 5.74) is 4.13. The molecule has 2 aromatic carbocycles. The summed E-state index contributed by atoms with van der Waals surface area (Å²) in [4.78, 5) is 16.5. The largest absolute Gasteiger partial charge is 0.341 e. The average molecular weight is 421 g/mol. The van der Waals surface area contributed by atoms with E-state index in [1.54, 1.807) is 12.4 Å². The van der Waals surface area contributed by atoms with E-state index in [0.29, 0.717) is 11.7 Å². The maximum atomic E-state index is 5.01. The maximum absolute atomic E-state index is 5.01. The fourth-order valence-corrected chi connectivity index (χ4v) is 4.65. The number of nitrogens with zero attached hydrogens (tertiary/aromatic N) is 6. The van der Waals surface area contributed by atoms with Crippen LogP contribution in [-0.2, 0) is 6.42 Å². The minimum Gasteiger partial charge on any atom is -0.341 e. The topological polar surface area (TPSA) is 59.2 Å². The van der Waals surface area contributed by atoms with Crippen LogP contribution in [0.15, 0.2) is 79.1 Å². The third-order valence-corrected chi connectivity index (χ3v) is 6.35. The third-order valence-electron chi connectivity index (χ3n) is 6.35. The summed E-state index contributed by atoms with van der Waals surface area (Å²) >= 11 is 0. The predicted octanol–water partition coefficient (Wildman–Crippen LogP) is 4.80. The Balaban J connectivity index is 1.35. The number of benzene rings is 2. The quantitative estimate of drug-likeness (QED) is 0.418. The fraction of sp³-hybridized carbons (Fsp3) is 0.231. The highest BCUT2D eigenvalue weighted by Gasteiger charge is 2.24. The summed E-state index contributed by atoms with van der Waals surface area (Å²) in [5.74, 6) is 2.25. The molecule has 1 aliphatic heterocycles. The van der Waals surface area contributed by atoms with Gasteiger partial charge in [0.05, 0.1) is 5.52 Å². The van der Waals surface area contributed by atoms with Crippen molar-refractivity contribution in [3.8, 4) is 11.4 Å². The summed E-state index contributed by atoms with van der Waals surface area (Å²) in [5, 5.41) is 5.87. The van der Waals surface area contributed by atoms with Crippen molar-refractivity contribution in [3.63, 3.8) is 0 Å². The Bertz CT molecular complexity index is 1360. The van der Waals surface area contributed by atoms with Gasteiger partial charge in [-0.05, 0) is 55.0 Å². The lowest BCUT2D eigenvalue weighted by atomic mass is 9.90. The molecule has 0 aliphatic carbocycles. The van der Waals surface area contributed by atoms with Crippen LogP contribution in [0.25, 0.3) is 27.9 Å². The number of rotatable bonds is 4. The molecule has 3 aromatic heterocycles.